The number of benzene rings is 2. The molecule has 2 atom stereocenters. The highest BCUT2D eigenvalue weighted by molar-refractivity contribution is 5.84. The summed E-state index contributed by atoms with van der Waals surface area (Å²) < 4.78 is 0. The van der Waals surface area contributed by atoms with Gasteiger partial charge in [-0.25, -0.2) is 4.79 Å². The summed E-state index contributed by atoms with van der Waals surface area (Å²) in [6, 6.07) is 14.4. The van der Waals surface area contributed by atoms with Crippen molar-refractivity contribution < 1.29 is 19.8 Å². The summed E-state index contributed by atoms with van der Waals surface area (Å²) in [6.45, 7) is 5.35. The summed E-state index contributed by atoms with van der Waals surface area (Å²) in [5.74, 6) is -1.10. The number of rotatable bonds is 10. The van der Waals surface area contributed by atoms with E-state index in [9.17, 15) is 19.8 Å². The third-order valence-electron chi connectivity index (χ3n) is 5.45. The number of hydrogen-bond acceptors (Lipinski definition) is 6. The third-order valence-corrected chi connectivity index (χ3v) is 5.45. The number of aliphatic hydroxyl groups excluding tert-OH is 1. The van der Waals surface area contributed by atoms with Gasteiger partial charge in [-0.3, -0.25) is 4.79 Å². The van der Waals surface area contributed by atoms with Crippen molar-refractivity contribution in [3.05, 3.63) is 54.1 Å². The summed E-state index contributed by atoms with van der Waals surface area (Å²) in [6.07, 6.45) is -0.257. The molecule has 33 heavy (non-hydrogen) atoms. The van der Waals surface area contributed by atoms with Crippen molar-refractivity contribution in [2.75, 3.05) is 0 Å². The van der Waals surface area contributed by atoms with Gasteiger partial charge in [-0.15, -0.1) is 10.2 Å². The molecule has 3 rings (SSSR count). The fourth-order valence-electron chi connectivity index (χ4n) is 3.79. The van der Waals surface area contributed by atoms with E-state index in [4.69, 9.17) is 0 Å². The topological polar surface area (TPSA) is 132 Å². The van der Waals surface area contributed by atoms with E-state index < -0.39 is 18.1 Å². The predicted molar refractivity (Wildman–Crippen MR) is 123 cm³/mol. The van der Waals surface area contributed by atoms with Gasteiger partial charge in [-0.2, -0.15) is 5.21 Å². The number of amides is 1. The van der Waals surface area contributed by atoms with Crippen LogP contribution in [0.4, 0.5) is 0 Å². The number of aromatic nitrogens is 4. The molecule has 9 heteroatoms. The zero-order valence-corrected chi connectivity index (χ0v) is 19.0. The lowest BCUT2D eigenvalue weighted by Crippen LogP contribution is -2.47. The molecule has 3 N–H and O–H groups in total. The first-order chi connectivity index (χ1) is 15.8. The van der Waals surface area contributed by atoms with Crippen molar-refractivity contribution in [2.45, 2.75) is 52.3 Å². The Hall–Kier alpha value is -3.59. The Morgan fingerprint density at radius 2 is 1.70 bits per heavy atom. The fraction of sp³-hybridized carbons (Fsp3) is 0.375. The number of carbonyl (C=O) groups is 2. The molecule has 0 bridgehead atoms. The number of carbonyl (C=O) groups excluding carboxylic acids is 1. The first-order valence-electron chi connectivity index (χ1n) is 10.9. The van der Waals surface area contributed by atoms with Crippen LogP contribution in [0.25, 0.3) is 22.5 Å². The lowest BCUT2D eigenvalue weighted by atomic mass is 9.97. The van der Waals surface area contributed by atoms with Crippen LogP contribution < -0.4 is 0 Å². The minimum Gasteiger partial charge on any atom is -0.480 e. The smallest absolute Gasteiger partial charge is 0.326 e. The molecular formula is C24H29N5O4. The molecule has 0 saturated carbocycles. The van der Waals surface area contributed by atoms with E-state index in [0.29, 0.717) is 5.82 Å². The number of aliphatic carboxylic acids is 1. The summed E-state index contributed by atoms with van der Waals surface area (Å²) in [4.78, 5) is 26.2. The molecule has 174 valence electrons. The van der Waals surface area contributed by atoms with Gasteiger partial charge in [0, 0.05) is 18.5 Å². The standard InChI is InChI=1S/C24H29N5O4/c1-15(2)22(24(32)33)29(21(31)13-8-16(3)30)14-17-9-11-18(12-10-17)19-6-4-5-7-20(19)23-25-27-28-26-23/h4-7,9-12,15-16,22,30H,8,13-14H2,1-3H3,(H,32,33)(H,25,26,27,28)/t16?,22-/m1/s1. The number of H-pyrrole nitrogens is 1. The first-order valence-corrected chi connectivity index (χ1v) is 10.9. The van der Waals surface area contributed by atoms with Gasteiger partial charge >= 0.3 is 5.97 Å². The number of aromatic amines is 1. The molecule has 0 radical (unpaired) electrons. The highest BCUT2D eigenvalue weighted by atomic mass is 16.4. The van der Waals surface area contributed by atoms with Crippen LogP contribution in [0.2, 0.25) is 0 Å². The molecule has 0 aliphatic heterocycles. The summed E-state index contributed by atoms with van der Waals surface area (Å²) >= 11 is 0. The summed E-state index contributed by atoms with van der Waals surface area (Å²) in [7, 11) is 0. The quantitative estimate of drug-likeness (QED) is 0.431. The summed E-state index contributed by atoms with van der Waals surface area (Å²) in [5, 5.41) is 33.6. The molecule has 1 heterocycles. The number of carboxylic acids is 1. The predicted octanol–water partition coefficient (Wildman–Crippen LogP) is 3.13. The number of nitrogens with one attached hydrogen (secondary N) is 1. The van der Waals surface area contributed by atoms with Crippen LogP contribution in [-0.4, -0.2) is 59.8 Å². The highest BCUT2D eigenvalue weighted by Crippen LogP contribution is 2.30. The second-order valence-electron chi connectivity index (χ2n) is 8.41. The monoisotopic (exact) mass is 451 g/mol. The van der Waals surface area contributed by atoms with Crippen molar-refractivity contribution in [3.63, 3.8) is 0 Å². The second kappa shape index (κ2) is 10.8. The number of hydrogen-bond donors (Lipinski definition) is 3. The van der Waals surface area contributed by atoms with Crippen molar-refractivity contribution in [3.8, 4) is 22.5 Å². The van der Waals surface area contributed by atoms with E-state index in [1.807, 2.05) is 48.5 Å². The molecule has 1 aromatic heterocycles. The molecule has 0 saturated heterocycles. The molecule has 0 spiro atoms. The van der Waals surface area contributed by atoms with Gasteiger partial charge in [-0.05, 0) is 41.2 Å². The van der Waals surface area contributed by atoms with Gasteiger partial charge in [0.2, 0.25) is 11.7 Å². The van der Waals surface area contributed by atoms with Gasteiger partial charge in [0.15, 0.2) is 0 Å². The second-order valence-corrected chi connectivity index (χ2v) is 8.41. The number of tetrazole rings is 1. The number of carboxylic acid groups (broad SMARTS) is 1. The average Bonchev–Trinajstić information content (AvgIpc) is 3.32. The maximum absolute atomic E-state index is 12.9. The molecule has 0 aliphatic carbocycles. The van der Waals surface area contributed by atoms with Crippen LogP contribution in [0.1, 0.15) is 39.2 Å². The van der Waals surface area contributed by atoms with Crippen LogP contribution in [0.5, 0.6) is 0 Å². The Balaban J connectivity index is 1.87. The highest BCUT2D eigenvalue weighted by Gasteiger charge is 2.32. The van der Waals surface area contributed by atoms with E-state index in [0.717, 1.165) is 22.3 Å². The molecular weight excluding hydrogens is 422 g/mol. The lowest BCUT2D eigenvalue weighted by molar-refractivity contribution is -0.153. The lowest BCUT2D eigenvalue weighted by Gasteiger charge is -2.32. The van der Waals surface area contributed by atoms with E-state index in [1.165, 1.54) is 4.90 Å². The van der Waals surface area contributed by atoms with E-state index in [2.05, 4.69) is 20.6 Å². The largest absolute Gasteiger partial charge is 0.480 e. The van der Waals surface area contributed by atoms with Gasteiger partial charge in [0.05, 0.1) is 6.10 Å². The Kier molecular flexibility index (Phi) is 7.89. The summed E-state index contributed by atoms with van der Waals surface area (Å²) in [5.41, 5.74) is 3.51. The van der Waals surface area contributed by atoms with E-state index >= 15 is 0 Å². The Bertz CT molecular complexity index is 1060. The number of aliphatic hydroxyl groups is 1. The Morgan fingerprint density at radius 1 is 1.03 bits per heavy atom. The first kappa shape index (κ1) is 24.1. The van der Waals surface area contributed by atoms with Crippen LogP contribution >= 0.6 is 0 Å². The normalized spacial score (nSPS) is 13.0. The van der Waals surface area contributed by atoms with Gasteiger partial charge in [0.25, 0.3) is 0 Å². The van der Waals surface area contributed by atoms with E-state index in [1.54, 1.807) is 20.8 Å². The maximum Gasteiger partial charge on any atom is 0.326 e. The van der Waals surface area contributed by atoms with Crippen LogP contribution in [0.15, 0.2) is 48.5 Å². The SMILES string of the molecule is CC(O)CCC(=O)N(Cc1ccc(-c2ccccc2-c2nn[nH]n2)cc1)[C@@H](C(=O)O)C(C)C. The van der Waals surface area contributed by atoms with Crippen LogP contribution in [0, 0.1) is 5.92 Å². The molecule has 2 aromatic carbocycles. The van der Waals surface area contributed by atoms with Crippen LogP contribution in [-0.2, 0) is 16.1 Å². The van der Waals surface area contributed by atoms with Crippen molar-refractivity contribution >= 4 is 11.9 Å². The molecule has 0 fully saturated rings. The Morgan fingerprint density at radius 3 is 2.24 bits per heavy atom. The molecule has 1 unspecified atom stereocenters. The zero-order chi connectivity index (χ0) is 24.0. The molecule has 3 aromatic rings. The minimum absolute atomic E-state index is 0.0876. The molecule has 9 nitrogen and oxygen atoms in total. The van der Waals surface area contributed by atoms with E-state index in [-0.39, 0.29) is 31.2 Å². The van der Waals surface area contributed by atoms with Gasteiger partial charge < -0.3 is 15.1 Å². The molecule has 0 aliphatic rings. The van der Waals surface area contributed by atoms with Gasteiger partial charge in [-0.1, -0.05) is 62.4 Å². The Labute approximate surface area is 192 Å². The minimum atomic E-state index is -1.04. The van der Waals surface area contributed by atoms with Crippen molar-refractivity contribution in [1.82, 2.24) is 25.5 Å². The average molecular weight is 452 g/mol. The maximum atomic E-state index is 12.9. The number of nitrogens with zero attached hydrogens (tertiary/aromatic N) is 4. The zero-order valence-electron chi connectivity index (χ0n) is 19.0. The fourth-order valence-corrected chi connectivity index (χ4v) is 3.79. The van der Waals surface area contributed by atoms with Crippen LogP contribution in [0.3, 0.4) is 0 Å². The van der Waals surface area contributed by atoms with Crippen molar-refractivity contribution in [1.29, 1.82) is 0 Å². The third kappa shape index (κ3) is 6.01. The van der Waals surface area contributed by atoms with Crippen molar-refractivity contribution in [2.24, 2.45) is 5.92 Å². The van der Waals surface area contributed by atoms with Gasteiger partial charge in [0.1, 0.15) is 6.04 Å². The molecule has 1 amide bonds.